The first-order valence-corrected chi connectivity index (χ1v) is 7.27. The Hall–Kier alpha value is -2.87. The monoisotopic (exact) mass is 313 g/mol. The van der Waals surface area contributed by atoms with Gasteiger partial charge < -0.3 is 14.8 Å². The van der Waals surface area contributed by atoms with Gasteiger partial charge in [-0.1, -0.05) is 6.07 Å². The molecular formula is C15H15N5O3. The number of carbonyl (C=O) groups excluding carboxylic acids is 1. The van der Waals surface area contributed by atoms with Gasteiger partial charge in [0.2, 0.25) is 5.82 Å². The van der Waals surface area contributed by atoms with Crippen LogP contribution in [0.15, 0.2) is 43.0 Å². The van der Waals surface area contributed by atoms with E-state index in [9.17, 15) is 4.79 Å². The molecule has 2 N–H and O–H groups in total. The first-order chi connectivity index (χ1) is 11.3. The highest BCUT2D eigenvalue weighted by atomic mass is 16.5. The summed E-state index contributed by atoms with van der Waals surface area (Å²) in [5.74, 6) is 0.702. The molecule has 1 amide bonds. The third kappa shape index (κ3) is 2.64. The van der Waals surface area contributed by atoms with Crippen molar-refractivity contribution >= 4 is 11.4 Å². The second kappa shape index (κ2) is 5.73. The van der Waals surface area contributed by atoms with Crippen LogP contribution in [0.4, 0.5) is 0 Å². The number of fused-ring (bicyclic) bond motifs is 1. The van der Waals surface area contributed by atoms with Crippen molar-refractivity contribution in [2.45, 2.75) is 12.1 Å². The van der Waals surface area contributed by atoms with Crippen molar-refractivity contribution in [2.75, 3.05) is 13.2 Å². The number of carbonyl (C=O) groups is 1. The predicted octanol–water partition coefficient (Wildman–Crippen LogP) is 0.634. The summed E-state index contributed by atoms with van der Waals surface area (Å²) in [4.78, 5) is 16.7. The van der Waals surface area contributed by atoms with Gasteiger partial charge in [-0.2, -0.15) is 5.10 Å². The highest BCUT2D eigenvalue weighted by Gasteiger charge is 2.32. The lowest BCUT2D eigenvalue weighted by Gasteiger charge is -2.19. The van der Waals surface area contributed by atoms with E-state index in [1.165, 1.54) is 0 Å². The van der Waals surface area contributed by atoms with Gasteiger partial charge in [0.1, 0.15) is 6.10 Å². The number of imidazole rings is 1. The Labute approximate surface area is 131 Å². The minimum absolute atomic E-state index is 0.242. The maximum atomic E-state index is 12.5. The van der Waals surface area contributed by atoms with Crippen LogP contribution in [0, 0.1) is 0 Å². The minimum atomic E-state index is -0.261. The van der Waals surface area contributed by atoms with Gasteiger partial charge in [-0.3, -0.25) is 14.3 Å². The molecule has 0 bridgehead atoms. The molecule has 3 aromatic heterocycles. The molecule has 1 aliphatic heterocycles. The third-order valence-electron chi connectivity index (χ3n) is 3.75. The molecule has 1 fully saturated rings. The Kier molecular flexibility index (Phi) is 3.43. The molecule has 23 heavy (non-hydrogen) atoms. The molecule has 0 saturated carbocycles. The molecule has 4 heterocycles. The molecule has 0 aliphatic carbocycles. The van der Waals surface area contributed by atoms with E-state index < -0.39 is 0 Å². The predicted molar refractivity (Wildman–Crippen MR) is 80.3 cm³/mol. The van der Waals surface area contributed by atoms with Gasteiger partial charge in [-0.05, 0) is 12.1 Å². The van der Waals surface area contributed by atoms with Crippen molar-refractivity contribution in [3.8, 4) is 5.75 Å². The van der Waals surface area contributed by atoms with Crippen LogP contribution in [0.2, 0.25) is 0 Å². The first kappa shape index (κ1) is 13.8. The fourth-order valence-electron chi connectivity index (χ4n) is 2.61. The quantitative estimate of drug-likeness (QED) is 0.737. The Morgan fingerprint density at radius 1 is 1.39 bits per heavy atom. The number of rotatable bonds is 4. The van der Waals surface area contributed by atoms with E-state index in [-0.39, 0.29) is 18.1 Å². The van der Waals surface area contributed by atoms with Gasteiger partial charge >= 0.3 is 0 Å². The van der Waals surface area contributed by atoms with Crippen LogP contribution >= 0.6 is 0 Å². The second-order valence-electron chi connectivity index (χ2n) is 5.29. The molecule has 8 heteroatoms. The summed E-state index contributed by atoms with van der Waals surface area (Å²) in [6.45, 7) is 0.815. The number of hydrogen-bond acceptors (Lipinski definition) is 5. The summed E-state index contributed by atoms with van der Waals surface area (Å²) in [6.07, 6.45) is 6.45. The highest BCUT2D eigenvalue weighted by molar-refractivity contribution is 5.92. The van der Waals surface area contributed by atoms with E-state index >= 15 is 0 Å². The highest BCUT2D eigenvalue weighted by Crippen LogP contribution is 2.16. The molecule has 0 radical (unpaired) electrons. The Morgan fingerprint density at radius 3 is 3.22 bits per heavy atom. The summed E-state index contributed by atoms with van der Waals surface area (Å²) in [6, 6.07) is 5.41. The standard InChI is InChI=1S/C15H15N5O3/c21-15(14-16-5-10-3-1-2-4-20(10)14)19-12-8-22-9-13(12)23-11-6-17-18-7-11/h1-7,12-13H,8-9H2,(H,17,18)(H,19,21)/t12-,13+/m0/s1. The van der Waals surface area contributed by atoms with E-state index in [0.717, 1.165) is 5.52 Å². The van der Waals surface area contributed by atoms with E-state index in [2.05, 4.69) is 20.5 Å². The average molecular weight is 313 g/mol. The van der Waals surface area contributed by atoms with Gasteiger partial charge in [-0.15, -0.1) is 0 Å². The van der Waals surface area contributed by atoms with Crippen LogP contribution in [0.5, 0.6) is 5.75 Å². The number of hydrogen-bond donors (Lipinski definition) is 2. The van der Waals surface area contributed by atoms with E-state index in [1.807, 2.05) is 24.4 Å². The zero-order chi connectivity index (χ0) is 15.6. The van der Waals surface area contributed by atoms with Crippen LogP contribution in [-0.2, 0) is 4.74 Å². The Bertz CT molecular complexity index is 814. The maximum Gasteiger partial charge on any atom is 0.288 e. The molecule has 8 nitrogen and oxygen atoms in total. The van der Waals surface area contributed by atoms with Crippen molar-refractivity contribution in [1.29, 1.82) is 0 Å². The lowest BCUT2D eigenvalue weighted by atomic mass is 10.2. The summed E-state index contributed by atoms with van der Waals surface area (Å²) in [7, 11) is 0. The number of pyridine rings is 1. The maximum absolute atomic E-state index is 12.5. The second-order valence-corrected chi connectivity index (χ2v) is 5.29. The number of ether oxygens (including phenoxy) is 2. The fourth-order valence-corrected chi connectivity index (χ4v) is 2.61. The van der Waals surface area contributed by atoms with Crippen LogP contribution in [0.25, 0.3) is 5.52 Å². The SMILES string of the molecule is O=C(N[C@H]1COC[C@H]1Oc1cn[nH]c1)c1ncc2ccccn12. The van der Waals surface area contributed by atoms with E-state index in [0.29, 0.717) is 24.8 Å². The van der Waals surface area contributed by atoms with E-state index in [4.69, 9.17) is 9.47 Å². The molecule has 1 saturated heterocycles. The molecule has 0 unspecified atom stereocenters. The lowest BCUT2D eigenvalue weighted by molar-refractivity contribution is 0.0893. The van der Waals surface area contributed by atoms with Crippen molar-refractivity contribution < 1.29 is 14.3 Å². The summed E-state index contributed by atoms with van der Waals surface area (Å²) in [5, 5.41) is 9.45. The summed E-state index contributed by atoms with van der Waals surface area (Å²) >= 11 is 0. The van der Waals surface area contributed by atoms with Crippen molar-refractivity contribution in [3.63, 3.8) is 0 Å². The molecule has 2 atom stereocenters. The molecule has 0 spiro atoms. The van der Waals surface area contributed by atoms with Crippen LogP contribution in [0.3, 0.4) is 0 Å². The van der Waals surface area contributed by atoms with Crippen LogP contribution in [0.1, 0.15) is 10.6 Å². The third-order valence-corrected chi connectivity index (χ3v) is 3.75. The van der Waals surface area contributed by atoms with Crippen molar-refractivity contribution in [3.05, 3.63) is 48.8 Å². The number of amides is 1. The topological polar surface area (TPSA) is 93.5 Å². The van der Waals surface area contributed by atoms with Gasteiger partial charge in [0.25, 0.3) is 5.91 Å². The number of aromatic amines is 1. The first-order valence-electron chi connectivity index (χ1n) is 7.27. The number of H-pyrrole nitrogens is 1. The molecule has 1 aliphatic rings. The lowest BCUT2D eigenvalue weighted by Crippen LogP contribution is -2.45. The fraction of sp³-hybridized carbons (Fsp3) is 0.267. The molecule has 4 rings (SSSR count). The largest absolute Gasteiger partial charge is 0.482 e. The summed E-state index contributed by atoms with van der Waals surface area (Å²) < 4.78 is 12.9. The number of nitrogens with zero attached hydrogens (tertiary/aromatic N) is 3. The van der Waals surface area contributed by atoms with Gasteiger partial charge in [0.05, 0.1) is 43.4 Å². The molecular weight excluding hydrogens is 298 g/mol. The summed E-state index contributed by atoms with van der Waals surface area (Å²) in [5.41, 5.74) is 0.867. The normalized spacial score (nSPS) is 20.7. The Morgan fingerprint density at radius 2 is 2.35 bits per heavy atom. The van der Waals surface area contributed by atoms with Gasteiger partial charge in [-0.25, -0.2) is 4.98 Å². The number of nitrogens with one attached hydrogen (secondary N) is 2. The molecule has 3 aromatic rings. The average Bonchev–Trinajstić information content (AvgIpc) is 3.29. The van der Waals surface area contributed by atoms with Gasteiger partial charge in [0.15, 0.2) is 5.75 Å². The van der Waals surface area contributed by atoms with Crippen LogP contribution < -0.4 is 10.1 Å². The minimum Gasteiger partial charge on any atom is -0.482 e. The number of aromatic nitrogens is 4. The van der Waals surface area contributed by atoms with Gasteiger partial charge in [0, 0.05) is 6.20 Å². The molecule has 118 valence electrons. The van der Waals surface area contributed by atoms with Crippen molar-refractivity contribution in [2.24, 2.45) is 0 Å². The zero-order valence-electron chi connectivity index (χ0n) is 12.2. The Balaban J connectivity index is 1.49. The molecule has 0 aromatic carbocycles. The van der Waals surface area contributed by atoms with Crippen molar-refractivity contribution in [1.82, 2.24) is 24.9 Å². The van der Waals surface area contributed by atoms with E-state index in [1.54, 1.807) is 23.0 Å². The zero-order valence-corrected chi connectivity index (χ0v) is 12.2. The smallest absolute Gasteiger partial charge is 0.288 e. The van der Waals surface area contributed by atoms with Crippen LogP contribution in [-0.4, -0.2) is 50.8 Å².